The van der Waals surface area contributed by atoms with Crippen LogP contribution in [0.4, 0.5) is 0 Å². The molecule has 0 aromatic heterocycles. The van der Waals surface area contributed by atoms with Crippen molar-refractivity contribution in [3.63, 3.8) is 0 Å². The van der Waals surface area contributed by atoms with Gasteiger partial charge in [0.2, 0.25) is 0 Å². The van der Waals surface area contributed by atoms with Gasteiger partial charge in [0.1, 0.15) is 0 Å². The summed E-state index contributed by atoms with van der Waals surface area (Å²) in [7, 11) is -3.01. The van der Waals surface area contributed by atoms with Crippen molar-refractivity contribution in [2.45, 2.75) is 24.9 Å². The average Bonchev–Trinajstić information content (AvgIpc) is 2.57. The smallest absolute Gasteiger partial charge is 0.151 e. The molecule has 16 heavy (non-hydrogen) atoms. The summed E-state index contributed by atoms with van der Waals surface area (Å²) in [4.78, 5) is 0. The molecule has 2 aliphatic heterocycles. The molecular weight excluding hydrogens is 228 g/mol. The summed E-state index contributed by atoms with van der Waals surface area (Å²) < 4.78 is 23.2. The fourth-order valence-electron chi connectivity index (χ4n) is 3.00. The van der Waals surface area contributed by atoms with Crippen LogP contribution >= 0.6 is 0 Å². The number of piperidine rings is 1. The normalized spacial score (nSPS) is 37.4. The molecule has 0 aromatic rings. The van der Waals surface area contributed by atoms with Crippen LogP contribution in [0.3, 0.4) is 0 Å². The highest BCUT2D eigenvalue weighted by atomic mass is 32.2. The highest BCUT2D eigenvalue weighted by Crippen LogP contribution is 2.45. The van der Waals surface area contributed by atoms with E-state index in [0.29, 0.717) is 19.3 Å². The van der Waals surface area contributed by atoms with Crippen LogP contribution in [-0.2, 0) is 9.84 Å². The Morgan fingerprint density at radius 3 is 2.31 bits per heavy atom. The highest BCUT2D eigenvalue weighted by Gasteiger charge is 2.55. The number of rotatable bonds is 2. The standard InChI is InChI=1S/C10H20N2O3S/c11-7-9(3-6-16(14,15)8-9)10(13)1-4-12-5-2-10/h12-13H,1-8,11H2. The van der Waals surface area contributed by atoms with Crippen LogP contribution in [0.15, 0.2) is 0 Å². The van der Waals surface area contributed by atoms with Crippen LogP contribution < -0.4 is 11.1 Å². The van der Waals surface area contributed by atoms with Crippen molar-refractivity contribution < 1.29 is 13.5 Å². The maximum Gasteiger partial charge on any atom is 0.151 e. The summed E-state index contributed by atoms with van der Waals surface area (Å²) in [5, 5.41) is 13.8. The number of hydrogen-bond acceptors (Lipinski definition) is 5. The predicted molar refractivity (Wildman–Crippen MR) is 61.8 cm³/mol. The first kappa shape index (κ1) is 12.3. The first-order chi connectivity index (χ1) is 7.43. The molecule has 0 amide bonds. The molecule has 2 fully saturated rings. The van der Waals surface area contributed by atoms with Crippen molar-refractivity contribution in [3.8, 4) is 0 Å². The van der Waals surface area contributed by atoms with Gasteiger partial charge < -0.3 is 16.2 Å². The first-order valence-corrected chi connectivity index (χ1v) is 7.59. The van der Waals surface area contributed by atoms with Gasteiger partial charge in [-0.3, -0.25) is 0 Å². The van der Waals surface area contributed by atoms with E-state index in [-0.39, 0.29) is 18.1 Å². The van der Waals surface area contributed by atoms with Gasteiger partial charge in [0.15, 0.2) is 9.84 Å². The average molecular weight is 248 g/mol. The van der Waals surface area contributed by atoms with Crippen molar-refractivity contribution in [3.05, 3.63) is 0 Å². The molecule has 0 saturated carbocycles. The molecule has 94 valence electrons. The van der Waals surface area contributed by atoms with Crippen LogP contribution in [0.1, 0.15) is 19.3 Å². The second-order valence-electron chi connectivity index (χ2n) is 5.11. The summed E-state index contributed by atoms with van der Waals surface area (Å²) in [6, 6.07) is 0. The monoisotopic (exact) mass is 248 g/mol. The van der Waals surface area contributed by atoms with Gasteiger partial charge in [-0.25, -0.2) is 8.42 Å². The molecule has 0 radical (unpaired) electrons. The van der Waals surface area contributed by atoms with Crippen molar-refractivity contribution in [1.29, 1.82) is 0 Å². The van der Waals surface area contributed by atoms with Crippen LogP contribution in [-0.4, -0.2) is 50.3 Å². The van der Waals surface area contributed by atoms with Crippen molar-refractivity contribution >= 4 is 9.84 Å². The topological polar surface area (TPSA) is 92.4 Å². The van der Waals surface area contributed by atoms with E-state index in [1.807, 2.05) is 0 Å². The quantitative estimate of drug-likeness (QED) is 0.575. The fraction of sp³-hybridized carbons (Fsp3) is 1.00. The van der Waals surface area contributed by atoms with Crippen LogP contribution in [0, 0.1) is 5.41 Å². The molecule has 2 saturated heterocycles. The first-order valence-electron chi connectivity index (χ1n) is 5.77. The van der Waals surface area contributed by atoms with Gasteiger partial charge in [-0.15, -0.1) is 0 Å². The zero-order valence-corrected chi connectivity index (χ0v) is 10.2. The molecule has 1 unspecified atom stereocenters. The molecule has 4 N–H and O–H groups in total. The Labute approximate surface area is 96.3 Å². The third kappa shape index (κ3) is 1.88. The molecule has 6 heteroatoms. The minimum Gasteiger partial charge on any atom is -0.389 e. The molecule has 5 nitrogen and oxygen atoms in total. The van der Waals surface area contributed by atoms with E-state index in [1.165, 1.54) is 0 Å². The zero-order chi connectivity index (χ0) is 11.9. The minimum absolute atomic E-state index is 0.0486. The number of nitrogens with two attached hydrogens (primary N) is 1. The maximum atomic E-state index is 11.6. The van der Waals surface area contributed by atoms with E-state index in [2.05, 4.69) is 5.32 Å². The summed E-state index contributed by atoms with van der Waals surface area (Å²) in [6.45, 7) is 1.72. The van der Waals surface area contributed by atoms with Gasteiger partial charge in [0, 0.05) is 12.0 Å². The Balaban J connectivity index is 2.28. The van der Waals surface area contributed by atoms with E-state index in [1.54, 1.807) is 0 Å². The third-order valence-corrected chi connectivity index (χ3v) is 6.01. The molecule has 2 heterocycles. The second-order valence-corrected chi connectivity index (χ2v) is 7.29. The molecule has 0 aliphatic carbocycles. The van der Waals surface area contributed by atoms with Crippen LogP contribution in [0.2, 0.25) is 0 Å². The van der Waals surface area contributed by atoms with E-state index < -0.39 is 20.9 Å². The summed E-state index contributed by atoms with van der Waals surface area (Å²) in [6.07, 6.45) is 1.70. The van der Waals surface area contributed by atoms with Gasteiger partial charge in [-0.2, -0.15) is 0 Å². The van der Waals surface area contributed by atoms with E-state index in [0.717, 1.165) is 13.1 Å². The Kier molecular flexibility index (Phi) is 3.03. The number of aliphatic hydroxyl groups is 1. The summed E-state index contributed by atoms with van der Waals surface area (Å²) in [5.74, 6) is 0.215. The van der Waals surface area contributed by atoms with Crippen molar-refractivity contribution in [2.24, 2.45) is 11.1 Å². The molecule has 0 aromatic carbocycles. The molecule has 0 spiro atoms. The summed E-state index contributed by atoms with van der Waals surface area (Å²) in [5.41, 5.74) is 4.24. The Morgan fingerprint density at radius 1 is 1.25 bits per heavy atom. The molecule has 2 aliphatic rings. The van der Waals surface area contributed by atoms with Crippen molar-refractivity contribution in [1.82, 2.24) is 5.32 Å². The lowest BCUT2D eigenvalue weighted by Crippen LogP contribution is -2.58. The van der Waals surface area contributed by atoms with Crippen LogP contribution in [0.5, 0.6) is 0 Å². The number of nitrogens with one attached hydrogen (secondary N) is 1. The lowest BCUT2D eigenvalue weighted by atomic mass is 9.67. The zero-order valence-electron chi connectivity index (χ0n) is 9.41. The Hall–Kier alpha value is -0.170. The van der Waals surface area contributed by atoms with Crippen LogP contribution in [0.25, 0.3) is 0 Å². The molecule has 1 atom stereocenters. The largest absolute Gasteiger partial charge is 0.389 e. The van der Waals surface area contributed by atoms with Gasteiger partial charge >= 0.3 is 0 Å². The van der Waals surface area contributed by atoms with E-state index in [9.17, 15) is 13.5 Å². The van der Waals surface area contributed by atoms with E-state index >= 15 is 0 Å². The number of sulfone groups is 1. The number of hydrogen-bond donors (Lipinski definition) is 3. The second kappa shape index (κ2) is 3.94. The fourth-order valence-corrected chi connectivity index (χ4v) is 5.22. The minimum atomic E-state index is -3.01. The maximum absolute atomic E-state index is 11.6. The lowest BCUT2D eigenvalue weighted by molar-refractivity contribution is -0.0887. The van der Waals surface area contributed by atoms with Gasteiger partial charge in [-0.1, -0.05) is 0 Å². The van der Waals surface area contributed by atoms with Gasteiger partial charge in [0.05, 0.1) is 17.1 Å². The molecule has 2 rings (SSSR count). The summed E-state index contributed by atoms with van der Waals surface area (Å²) >= 11 is 0. The molecule has 0 bridgehead atoms. The Morgan fingerprint density at radius 2 is 1.88 bits per heavy atom. The predicted octanol–water partition coefficient (Wildman–Crippen LogP) is -1.14. The SMILES string of the molecule is NCC1(C2(O)CCNCC2)CCS(=O)(=O)C1. The van der Waals surface area contributed by atoms with Gasteiger partial charge in [-0.05, 0) is 32.4 Å². The molecular formula is C10H20N2O3S. The van der Waals surface area contributed by atoms with Crippen molar-refractivity contribution in [2.75, 3.05) is 31.1 Å². The van der Waals surface area contributed by atoms with Gasteiger partial charge in [0.25, 0.3) is 0 Å². The highest BCUT2D eigenvalue weighted by molar-refractivity contribution is 7.91. The lowest BCUT2D eigenvalue weighted by Gasteiger charge is -2.46. The third-order valence-electron chi connectivity index (χ3n) is 4.20. The Bertz CT molecular complexity index is 362. The van der Waals surface area contributed by atoms with E-state index in [4.69, 9.17) is 5.73 Å².